The Morgan fingerprint density at radius 1 is 1.22 bits per heavy atom. The van der Waals surface area contributed by atoms with Crippen LogP contribution in [0.1, 0.15) is 23.8 Å². The molecule has 186 valence electrons. The van der Waals surface area contributed by atoms with E-state index >= 15 is 0 Å². The molecule has 1 saturated heterocycles. The summed E-state index contributed by atoms with van der Waals surface area (Å²) in [5.41, 5.74) is 10.3. The highest BCUT2D eigenvalue weighted by molar-refractivity contribution is 5.94. The van der Waals surface area contributed by atoms with Crippen LogP contribution in [0.2, 0.25) is 0 Å². The predicted octanol–water partition coefficient (Wildman–Crippen LogP) is 0.837. The van der Waals surface area contributed by atoms with Gasteiger partial charge in [-0.25, -0.2) is 9.50 Å². The van der Waals surface area contributed by atoms with Crippen LogP contribution in [0.4, 0.5) is 11.5 Å². The SMILES string of the molecule is Cn1ccc(-c2cc([C@@H]3O[C@H](COc4ccc5c(c4)NC(=O)CC5)[C@@H](O)[C@H]3O)n3ncnc(N)c23)n1. The van der Waals surface area contributed by atoms with Crippen molar-refractivity contribution in [2.24, 2.45) is 7.05 Å². The van der Waals surface area contributed by atoms with Crippen LogP contribution in [-0.2, 0) is 23.0 Å². The Morgan fingerprint density at radius 3 is 2.89 bits per heavy atom. The molecule has 6 rings (SSSR count). The third kappa shape index (κ3) is 3.75. The molecule has 3 aromatic heterocycles. The zero-order chi connectivity index (χ0) is 25.0. The lowest BCUT2D eigenvalue weighted by Gasteiger charge is -2.19. The number of hydrogen-bond acceptors (Lipinski definition) is 9. The van der Waals surface area contributed by atoms with E-state index in [4.69, 9.17) is 15.2 Å². The number of nitrogens with two attached hydrogens (primary N) is 1. The zero-order valence-electron chi connectivity index (χ0n) is 19.4. The Bertz CT molecular complexity index is 1460. The number of amides is 1. The van der Waals surface area contributed by atoms with Crippen LogP contribution in [-0.4, -0.2) is 65.4 Å². The van der Waals surface area contributed by atoms with E-state index in [1.54, 1.807) is 21.3 Å². The van der Waals surface area contributed by atoms with E-state index in [2.05, 4.69) is 20.5 Å². The highest BCUT2D eigenvalue weighted by Crippen LogP contribution is 2.39. The van der Waals surface area contributed by atoms with Gasteiger partial charge < -0.3 is 30.7 Å². The molecule has 4 atom stereocenters. The van der Waals surface area contributed by atoms with Gasteiger partial charge in [0, 0.05) is 37.0 Å². The Hall–Kier alpha value is -4.00. The Kier molecular flexibility index (Phi) is 5.36. The maximum absolute atomic E-state index is 11.7. The zero-order valence-corrected chi connectivity index (χ0v) is 19.4. The first kappa shape index (κ1) is 22.5. The monoisotopic (exact) mass is 491 g/mol. The molecule has 1 amide bonds. The standard InChI is InChI=1S/C24H25N7O5/c1-30-7-6-15(29-30)14-9-17(31-20(14)24(25)26-11-27-31)23-22(34)21(33)18(36-23)10-35-13-4-2-12-3-5-19(32)28-16(12)8-13/h2,4,6-9,11,18,21-23,33-34H,3,5,10H2,1H3,(H,28,32)(H2,25,26,27)/t18-,21-,22-,23+/m1/s1. The molecule has 5 N–H and O–H groups in total. The fraction of sp³-hybridized carbons (Fsp3) is 0.333. The van der Waals surface area contributed by atoms with Gasteiger partial charge in [-0.2, -0.15) is 10.2 Å². The van der Waals surface area contributed by atoms with E-state index in [0.29, 0.717) is 46.7 Å². The second-order valence-electron chi connectivity index (χ2n) is 9.02. The summed E-state index contributed by atoms with van der Waals surface area (Å²) in [4.78, 5) is 15.8. The fourth-order valence-corrected chi connectivity index (χ4v) is 4.80. The van der Waals surface area contributed by atoms with Crippen molar-refractivity contribution in [1.29, 1.82) is 0 Å². The third-order valence-electron chi connectivity index (χ3n) is 6.64. The van der Waals surface area contributed by atoms with Gasteiger partial charge in [0.1, 0.15) is 48.6 Å². The number of hydrogen-bond donors (Lipinski definition) is 4. The van der Waals surface area contributed by atoms with Crippen molar-refractivity contribution in [3.05, 3.63) is 54.1 Å². The van der Waals surface area contributed by atoms with Gasteiger partial charge >= 0.3 is 0 Å². The molecule has 0 aliphatic carbocycles. The molecular formula is C24H25N7O5. The highest BCUT2D eigenvalue weighted by atomic mass is 16.6. The first-order valence-electron chi connectivity index (χ1n) is 11.6. The van der Waals surface area contributed by atoms with Crippen LogP contribution in [0.25, 0.3) is 16.8 Å². The van der Waals surface area contributed by atoms with Crippen molar-refractivity contribution in [3.63, 3.8) is 0 Å². The molecule has 2 aliphatic heterocycles. The van der Waals surface area contributed by atoms with Crippen LogP contribution >= 0.6 is 0 Å². The van der Waals surface area contributed by atoms with Gasteiger partial charge in [0.25, 0.3) is 0 Å². The molecule has 0 saturated carbocycles. The number of aliphatic hydroxyl groups excluding tert-OH is 2. The second-order valence-corrected chi connectivity index (χ2v) is 9.02. The van der Waals surface area contributed by atoms with Crippen molar-refractivity contribution in [2.45, 2.75) is 37.3 Å². The maximum Gasteiger partial charge on any atom is 0.224 e. The van der Waals surface area contributed by atoms with Crippen LogP contribution in [0.15, 0.2) is 42.9 Å². The van der Waals surface area contributed by atoms with Crippen molar-refractivity contribution in [2.75, 3.05) is 17.7 Å². The lowest BCUT2D eigenvalue weighted by atomic mass is 10.0. The molecule has 1 fully saturated rings. The molecular weight excluding hydrogens is 466 g/mol. The molecule has 0 unspecified atom stereocenters. The van der Waals surface area contributed by atoms with Crippen LogP contribution < -0.4 is 15.8 Å². The smallest absolute Gasteiger partial charge is 0.224 e. The number of nitrogens with one attached hydrogen (secondary N) is 1. The average molecular weight is 492 g/mol. The van der Waals surface area contributed by atoms with E-state index < -0.39 is 24.4 Å². The fourth-order valence-electron chi connectivity index (χ4n) is 4.80. The molecule has 0 spiro atoms. The number of nitrogens with zero attached hydrogens (tertiary/aromatic N) is 5. The van der Waals surface area contributed by atoms with Crippen LogP contribution in [0, 0.1) is 0 Å². The molecule has 5 heterocycles. The van der Waals surface area contributed by atoms with E-state index in [1.807, 2.05) is 31.4 Å². The van der Waals surface area contributed by atoms with Gasteiger partial charge in [0.05, 0.1) is 11.4 Å². The minimum Gasteiger partial charge on any atom is -0.491 e. The minimum atomic E-state index is -1.23. The number of ether oxygens (including phenoxy) is 2. The molecule has 12 nitrogen and oxygen atoms in total. The number of nitrogen functional groups attached to an aromatic ring is 1. The molecule has 12 heteroatoms. The summed E-state index contributed by atoms with van der Waals surface area (Å²) in [5.74, 6) is 0.745. The molecule has 1 aromatic carbocycles. The van der Waals surface area contributed by atoms with E-state index in [-0.39, 0.29) is 18.3 Å². The summed E-state index contributed by atoms with van der Waals surface area (Å²) in [6, 6.07) is 9.10. The molecule has 0 radical (unpaired) electrons. The minimum absolute atomic E-state index is 0.00497. The highest BCUT2D eigenvalue weighted by Gasteiger charge is 2.45. The number of fused-ring (bicyclic) bond motifs is 2. The maximum atomic E-state index is 11.7. The number of aromatic nitrogens is 5. The summed E-state index contributed by atoms with van der Waals surface area (Å²) in [6.07, 6.45) is 0.141. The van der Waals surface area contributed by atoms with Gasteiger partial charge in [-0.05, 0) is 30.2 Å². The summed E-state index contributed by atoms with van der Waals surface area (Å²) in [7, 11) is 1.81. The lowest BCUT2D eigenvalue weighted by molar-refractivity contribution is -0.116. The number of benzene rings is 1. The van der Waals surface area contributed by atoms with Gasteiger partial charge in [0.2, 0.25) is 5.91 Å². The van der Waals surface area contributed by atoms with Gasteiger partial charge in [-0.1, -0.05) is 6.07 Å². The predicted molar refractivity (Wildman–Crippen MR) is 128 cm³/mol. The number of carbonyl (C=O) groups is 1. The quantitative estimate of drug-likeness (QED) is 0.317. The van der Waals surface area contributed by atoms with E-state index in [1.165, 1.54) is 6.33 Å². The van der Waals surface area contributed by atoms with E-state index in [9.17, 15) is 15.0 Å². The van der Waals surface area contributed by atoms with Crippen LogP contribution in [0.5, 0.6) is 5.75 Å². The Labute approximate surface area is 205 Å². The Balaban J connectivity index is 1.26. The topological polar surface area (TPSA) is 162 Å². The molecule has 2 aliphatic rings. The number of rotatable bonds is 5. The number of carbonyl (C=O) groups excluding carboxylic acids is 1. The molecule has 0 bridgehead atoms. The van der Waals surface area contributed by atoms with Crippen LogP contribution in [0.3, 0.4) is 0 Å². The summed E-state index contributed by atoms with van der Waals surface area (Å²) in [6.45, 7) is -0.00497. The molecule has 36 heavy (non-hydrogen) atoms. The van der Waals surface area contributed by atoms with Gasteiger partial charge in [0.15, 0.2) is 5.82 Å². The van der Waals surface area contributed by atoms with Crippen molar-refractivity contribution in [3.8, 4) is 17.0 Å². The number of anilines is 2. The summed E-state index contributed by atoms with van der Waals surface area (Å²) < 4.78 is 15.2. The summed E-state index contributed by atoms with van der Waals surface area (Å²) >= 11 is 0. The lowest BCUT2D eigenvalue weighted by Crippen LogP contribution is -2.34. The summed E-state index contributed by atoms with van der Waals surface area (Å²) in [5, 5.41) is 33.3. The average Bonchev–Trinajstić information content (AvgIpc) is 3.54. The number of aryl methyl sites for hydroxylation is 2. The first-order valence-corrected chi connectivity index (χ1v) is 11.6. The largest absolute Gasteiger partial charge is 0.491 e. The van der Waals surface area contributed by atoms with Crippen molar-refractivity contribution >= 4 is 22.9 Å². The Morgan fingerprint density at radius 2 is 2.08 bits per heavy atom. The van der Waals surface area contributed by atoms with Crippen molar-refractivity contribution in [1.82, 2.24) is 24.4 Å². The normalized spacial score (nSPS) is 23.6. The number of aliphatic hydroxyl groups is 2. The first-order chi connectivity index (χ1) is 17.4. The van der Waals surface area contributed by atoms with Gasteiger partial charge in [-0.3, -0.25) is 9.48 Å². The second kappa shape index (κ2) is 8.59. The van der Waals surface area contributed by atoms with Gasteiger partial charge in [-0.15, -0.1) is 0 Å². The van der Waals surface area contributed by atoms with Crippen molar-refractivity contribution < 1.29 is 24.5 Å². The van der Waals surface area contributed by atoms with E-state index in [0.717, 1.165) is 5.56 Å². The molecule has 4 aromatic rings. The third-order valence-corrected chi connectivity index (χ3v) is 6.64.